The smallest absolute Gasteiger partial charge is 0.101 e. The van der Waals surface area contributed by atoms with Gasteiger partial charge >= 0.3 is 0 Å². The van der Waals surface area contributed by atoms with Crippen molar-refractivity contribution in [2.24, 2.45) is 5.73 Å². The van der Waals surface area contributed by atoms with E-state index < -0.39 is 0 Å². The molecule has 82 valence electrons. The lowest BCUT2D eigenvalue weighted by atomic mass is 9.78. The molecule has 2 atom stereocenters. The molecule has 0 fully saturated rings. The number of nitrogens with two attached hydrogens (primary N) is 1. The van der Waals surface area contributed by atoms with Gasteiger partial charge in [-0.05, 0) is 24.5 Å². The zero-order valence-corrected chi connectivity index (χ0v) is 10.00. The van der Waals surface area contributed by atoms with Crippen molar-refractivity contribution in [3.05, 3.63) is 51.5 Å². The van der Waals surface area contributed by atoms with Gasteiger partial charge in [-0.1, -0.05) is 24.3 Å². The zero-order chi connectivity index (χ0) is 11.1. The number of thiazole rings is 1. The van der Waals surface area contributed by atoms with Crippen molar-refractivity contribution < 1.29 is 0 Å². The number of hydrogen-bond acceptors (Lipinski definition) is 3. The number of rotatable bonds is 2. The van der Waals surface area contributed by atoms with Gasteiger partial charge < -0.3 is 5.73 Å². The van der Waals surface area contributed by atoms with E-state index in [0.29, 0.717) is 5.92 Å². The predicted octanol–water partition coefficient (Wildman–Crippen LogP) is 2.85. The molecule has 1 aromatic heterocycles. The first-order chi connectivity index (χ1) is 7.75. The average Bonchev–Trinajstić information content (AvgIpc) is 2.69. The molecule has 1 aromatic carbocycles. The van der Waals surface area contributed by atoms with E-state index in [1.807, 2.05) is 6.92 Å². The van der Waals surface area contributed by atoms with E-state index >= 15 is 0 Å². The molecule has 2 N–H and O–H groups in total. The summed E-state index contributed by atoms with van der Waals surface area (Å²) in [5.41, 5.74) is 9.74. The van der Waals surface area contributed by atoms with Crippen LogP contribution in [-0.4, -0.2) is 4.98 Å². The maximum Gasteiger partial charge on any atom is 0.101 e. The Bertz CT molecular complexity index is 516. The summed E-state index contributed by atoms with van der Waals surface area (Å²) >= 11 is 1.73. The SMILES string of the molecule is CC(N)c1csc(C2Cc3ccccc32)n1. The molecular weight excluding hydrogens is 216 g/mol. The Morgan fingerprint density at radius 2 is 2.25 bits per heavy atom. The fourth-order valence-electron chi connectivity index (χ4n) is 2.15. The van der Waals surface area contributed by atoms with E-state index in [2.05, 4.69) is 34.6 Å². The maximum atomic E-state index is 5.83. The molecule has 0 radical (unpaired) electrons. The van der Waals surface area contributed by atoms with Crippen molar-refractivity contribution in [2.45, 2.75) is 25.3 Å². The van der Waals surface area contributed by atoms with E-state index in [4.69, 9.17) is 5.73 Å². The standard InChI is InChI=1S/C13H14N2S/c1-8(14)12-7-16-13(15-12)11-6-9-4-2-3-5-10(9)11/h2-5,7-8,11H,6,14H2,1H3. The largest absolute Gasteiger partial charge is 0.323 e. The van der Waals surface area contributed by atoms with E-state index in [1.54, 1.807) is 11.3 Å². The van der Waals surface area contributed by atoms with Crippen LogP contribution in [0.4, 0.5) is 0 Å². The van der Waals surface area contributed by atoms with Gasteiger partial charge in [-0.15, -0.1) is 11.3 Å². The molecule has 3 heteroatoms. The molecule has 0 aliphatic heterocycles. The molecule has 16 heavy (non-hydrogen) atoms. The number of benzene rings is 1. The predicted molar refractivity (Wildman–Crippen MR) is 66.7 cm³/mol. The average molecular weight is 230 g/mol. The van der Waals surface area contributed by atoms with Gasteiger partial charge in [0.2, 0.25) is 0 Å². The molecule has 0 saturated heterocycles. The first-order valence-electron chi connectivity index (χ1n) is 5.54. The van der Waals surface area contributed by atoms with Crippen molar-refractivity contribution in [2.75, 3.05) is 0 Å². The van der Waals surface area contributed by atoms with Crippen LogP contribution in [0.1, 0.15) is 40.7 Å². The summed E-state index contributed by atoms with van der Waals surface area (Å²) in [6.45, 7) is 1.98. The minimum Gasteiger partial charge on any atom is -0.323 e. The van der Waals surface area contributed by atoms with E-state index in [1.165, 1.54) is 16.1 Å². The summed E-state index contributed by atoms with van der Waals surface area (Å²) in [7, 11) is 0. The van der Waals surface area contributed by atoms with Gasteiger partial charge in [0, 0.05) is 17.3 Å². The van der Waals surface area contributed by atoms with Crippen LogP contribution in [0, 0.1) is 0 Å². The topological polar surface area (TPSA) is 38.9 Å². The Labute approximate surface area is 99.1 Å². The minimum absolute atomic E-state index is 0.0420. The van der Waals surface area contributed by atoms with E-state index in [-0.39, 0.29) is 6.04 Å². The van der Waals surface area contributed by atoms with Crippen molar-refractivity contribution in [3.8, 4) is 0 Å². The molecule has 2 unspecified atom stereocenters. The third-order valence-electron chi connectivity index (χ3n) is 3.16. The summed E-state index contributed by atoms with van der Waals surface area (Å²) in [6, 6.07) is 8.65. The minimum atomic E-state index is 0.0420. The third kappa shape index (κ3) is 1.47. The van der Waals surface area contributed by atoms with Crippen molar-refractivity contribution in [1.29, 1.82) is 0 Å². The fourth-order valence-corrected chi connectivity index (χ4v) is 3.19. The highest BCUT2D eigenvalue weighted by Crippen LogP contribution is 2.41. The van der Waals surface area contributed by atoms with Gasteiger partial charge in [0.15, 0.2) is 0 Å². The molecule has 0 amide bonds. The van der Waals surface area contributed by atoms with E-state index in [9.17, 15) is 0 Å². The number of fused-ring (bicyclic) bond motifs is 1. The summed E-state index contributed by atoms with van der Waals surface area (Å²) in [6.07, 6.45) is 1.13. The molecule has 0 saturated carbocycles. The Hall–Kier alpha value is -1.19. The lowest BCUT2D eigenvalue weighted by Gasteiger charge is -2.28. The Balaban J connectivity index is 1.91. The van der Waals surface area contributed by atoms with Gasteiger partial charge in [-0.3, -0.25) is 0 Å². The lowest BCUT2D eigenvalue weighted by Crippen LogP contribution is -2.18. The Kier molecular flexibility index (Phi) is 2.30. The zero-order valence-electron chi connectivity index (χ0n) is 9.18. The summed E-state index contributed by atoms with van der Waals surface area (Å²) in [4.78, 5) is 4.62. The van der Waals surface area contributed by atoms with Crippen LogP contribution in [0.3, 0.4) is 0 Å². The molecule has 1 aliphatic carbocycles. The molecule has 1 aliphatic rings. The van der Waals surface area contributed by atoms with Crippen LogP contribution >= 0.6 is 11.3 Å². The summed E-state index contributed by atoms with van der Waals surface area (Å²) < 4.78 is 0. The van der Waals surface area contributed by atoms with Crippen LogP contribution in [0.2, 0.25) is 0 Å². The van der Waals surface area contributed by atoms with Gasteiger partial charge in [0.05, 0.1) is 5.69 Å². The quantitative estimate of drug-likeness (QED) is 0.861. The van der Waals surface area contributed by atoms with Crippen molar-refractivity contribution >= 4 is 11.3 Å². The maximum absolute atomic E-state index is 5.83. The Morgan fingerprint density at radius 1 is 1.44 bits per heavy atom. The summed E-state index contributed by atoms with van der Waals surface area (Å²) in [5, 5.41) is 3.30. The highest BCUT2D eigenvalue weighted by atomic mass is 32.1. The van der Waals surface area contributed by atoms with Crippen LogP contribution < -0.4 is 5.73 Å². The molecule has 0 bridgehead atoms. The number of nitrogens with zero attached hydrogens (tertiary/aromatic N) is 1. The monoisotopic (exact) mass is 230 g/mol. The van der Waals surface area contributed by atoms with Crippen LogP contribution in [0.25, 0.3) is 0 Å². The number of hydrogen-bond donors (Lipinski definition) is 1. The third-order valence-corrected chi connectivity index (χ3v) is 4.14. The molecular formula is C13H14N2S. The summed E-state index contributed by atoms with van der Waals surface area (Å²) in [5.74, 6) is 0.508. The van der Waals surface area contributed by atoms with Crippen LogP contribution in [-0.2, 0) is 6.42 Å². The van der Waals surface area contributed by atoms with Gasteiger partial charge in [0.25, 0.3) is 0 Å². The van der Waals surface area contributed by atoms with E-state index in [0.717, 1.165) is 12.1 Å². The highest BCUT2D eigenvalue weighted by Gasteiger charge is 2.29. The van der Waals surface area contributed by atoms with Gasteiger partial charge in [-0.25, -0.2) is 4.98 Å². The first kappa shape index (κ1) is 10.00. The fraction of sp³-hybridized carbons (Fsp3) is 0.308. The van der Waals surface area contributed by atoms with Gasteiger partial charge in [-0.2, -0.15) is 0 Å². The van der Waals surface area contributed by atoms with Crippen LogP contribution in [0.5, 0.6) is 0 Å². The second-order valence-electron chi connectivity index (χ2n) is 4.35. The molecule has 0 spiro atoms. The number of aromatic nitrogens is 1. The van der Waals surface area contributed by atoms with Gasteiger partial charge in [0.1, 0.15) is 5.01 Å². The molecule has 2 aromatic rings. The highest BCUT2D eigenvalue weighted by molar-refractivity contribution is 7.09. The molecule has 1 heterocycles. The van der Waals surface area contributed by atoms with Crippen LogP contribution in [0.15, 0.2) is 29.6 Å². The first-order valence-corrected chi connectivity index (χ1v) is 6.42. The molecule has 3 rings (SSSR count). The van der Waals surface area contributed by atoms with Crippen molar-refractivity contribution in [3.63, 3.8) is 0 Å². The second-order valence-corrected chi connectivity index (χ2v) is 5.24. The molecule has 2 nitrogen and oxygen atoms in total. The normalized spacial score (nSPS) is 20.0. The lowest BCUT2D eigenvalue weighted by molar-refractivity contribution is 0.690. The second kappa shape index (κ2) is 3.68. The Morgan fingerprint density at radius 3 is 2.94 bits per heavy atom. The van der Waals surface area contributed by atoms with Crippen molar-refractivity contribution in [1.82, 2.24) is 4.98 Å².